The van der Waals surface area contributed by atoms with Gasteiger partial charge in [0.1, 0.15) is 60.9 Å². The molecule has 4 rings (SSSR count). The third kappa shape index (κ3) is 31.0. The largest absolute Gasteiger partial charge is 0.480 e. The number of hydrogen-bond donors (Lipinski definition) is 20. The van der Waals surface area contributed by atoms with Crippen molar-refractivity contribution in [3.63, 3.8) is 0 Å². The van der Waals surface area contributed by atoms with Crippen LogP contribution in [0.25, 0.3) is 21.8 Å². The maximum absolute atomic E-state index is 15.2. The van der Waals surface area contributed by atoms with Crippen molar-refractivity contribution in [3.8, 4) is 0 Å². The van der Waals surface area contributed by atoms with E-state index in [-0.39, 0.29) is 83.3 Å². The van der Waals surface area contributed by atoms with Crippen molar-refractivity contribution in [2.75, 3.05) is 51.3 Å². The molecule has 27 N–H and O–H groups in total. The van der Waals surface area contributed by atoms with Gasteiger partial charge in [0.15, 0.2) is 0 Å². The molecule has 0 aliphatic carbocycles. The molecule has 0 spiro atoms. The number of rotatable bonds is 53. The number of amides is 11. The molecule has 0 aliphatic heterocycles. The van der Waals surface area contributed by atoms with E-state index in [1.54, 1.807) is 42.9 Å². The fraction of sp³-hybridized carbons (Fsp3) is 0.600. The Morgan fingerprint density at radius 3 is 1.09 bits per heavy atom. The second kappa shape index (κ2) is 47.5. The molecule has 2 aromatic heterocycles. The number of carboxylic acids is 1. The number of hydrogen-bond acceptors (Lipinski definition) is 19. The Balaban J connectivity index is 1.71. The van der Waals surface area contributed by atoms with Crippen LogP contribution in [0.1, 0.15) is 147 Å². The number of unbranched alkanes of at least 4 members (excludes halogenated alkanes) is 5. The zero-order valence-corrected chi connectivity index (χ0v) is 60.5. The predicted molar refractivity (Wildman–Crippen MR) is 395 cm³/mol. The van der Waals surface area contributed by atoms with Gasteiger partial charge in [-0.2, -0.15) is 11.8 Å². The molecule has 0 unspecified atom stereocenters. The highest BCUT2D eigenvalue weighted by molar-refractivity contribution is 7.98. The van der Waals surface area contributed by atoms with Crippen LogP contribution in [0.3, 0.4) is 0 Å². The minimum absolute atomic E-state index is 0.0175. The first kappa shape index (κ1) is 86.7. The molecule has 11 amide bonds. The van der Waals surface area contributed by atoms with Gasteiger partial charge < -0.3 is 108 Å². The van der Waals surface area contributed by atoms with Crippen molar-refractivity contribution < 1.29 is 62.6 Å². The lowest BCUT2D eigenvalue weighted by Crippen LogP contribution is -2.61. The normalized spacial score (nSPS) is 14.3. The summed E-state index contributed by atoms with van der Waals surface area (Å²) in [5.41, 5.74) is 43.6. The highest BCUT2D eigenvalue weighted by atomic mass is 32.2. The number of H-pyrrole nitrogens is 2. The van der Waals surface area contributed by atoms with E-state index in [9.17, 15) is 48.3 Å². The van der Waals surface area contributed by atoms with Gasteiger partial charge in [-0.1, -0.05) is 56.7 Å². The summed E-state index contributed by atoms with van der Waals surface area (Å²) in [7, 11) is 0. The monoisotopic (exact) mass is 1460 g/mol. The van der Waals surface area contributed by atoms with Crippen LogP contribution < -0.4 is 93.3 Å². The van der Waals surface area contributed by atoms with Crippen molar-refractivity contribution in [2.45, 2.75) is 209 Å². The number of para-hydroxylation sites is 2. The summed E-state index contributed by atoms with van der Waals surface area (Å²) >= 11 is 1.37. The summed E-state index contributed by atoms with van der Waals surface area (Å²) in [5.74, 6) is -9.77. The van der Waals surface area contributed by atoms with Crippen LogP contribution in [0, 0.1) is 5.92 Å². The molecule has 0 bridgehead atoms. The van der Waals surface area contributed by atoms with E-state index in [2.05, 4.69) is 63.1 Å². The summed E-state index contributed by atoms with van der Waals surface area (Å²) in [6, 6.07) is 1.36. The number of aliphatic carboxylic acids is 1. The van der Waals surface area contributed by atoms with Crippen LogP contribution in [0.15, 0.2) is 60.9 Å². The minimum Gasteiger partial charge on any atom is -0.480 e. The van der Waals surface area contributed by atoms with Gasteiger partial charge in [0, 0.05) is 53.5 Å². The Morgan fingerprint density at radius 1 is 0.417 bits per heavy atom. The lowest BCUT2D eigenvalue weighted by Gasteiger charge is -2.28. The molecule has 0 fully saturated rings. The second-order valence-corrected chi connectivity index (χ2v) is 27.2. The second-order valence-electron chi connectivity index (χ2n) is 26.2. The van der Waals surface area contributed by atoms with Crippen molar-refractivity contribution in [1.82, 2.24) is 63.1 Å². The van der Waals surface area contributed by atoms with Crippen LogP contribution in [-0.4, -0.2) is 198 Å². The first-order valence-electron chi connectivity index (χ1n) is 35.7. The van der Waals surface area contributed by atoms with Gasteiger partial charge in [0.25, 0.3) is 0 Å². The zero-order chi connectivity index (χ0) is 75.8. The average Bonchev–Trinajstić information content (AvgIpc) is 1.73. The first-order chi connectivity index (χ1) is 49.4. The van der Waals surface area contributed by atoms with E-state index in [1.165, 1.54) is 11.8 Å². The van der Waals surface area contributed by atoms with E-state index in [0.717, 1.165) is 10.9 Å². The number of carboxylic acid groups (broad SMARTS) is 1. The molecule has 572 valence electrons. The number of fused-ring (bicyclic) bond motifs is 2. The fourth-order valence-corrected chi connectivity index (χ4v) is 12.1. The van der Waals surface area contributed by atoms with Crippen molar-refractivity contribution in [2.24, 2.45) is 46.1 Å². The maximum Gasteiger partial charge on any atom is 0.322 e. The Bertz CT molecular complexity index is 3370. The summed E-state index contributed by atoms with van der Waals surface area (Å²) in [6.07, 6.45) is 9.14. The van der Waals surface area contributed by atoms with Crippen molar-refractivity contribution in [1.29, 1.82) is 0 Å². The van der Waals surface area contributed by atoms with Gasteiger partial charge in [0.2, 0.25) is 65.0 Å². The molecule has 32 nitrogen and oxygen atoms in total. The zero-order valence-electron chi connectivity index (χ0n) is 59.7. The minimum atomic E-state index is -1.60. The third-order valence-corrected chi connectivity index (χ3v) is 18.0. The van der Waals surface area contributed by atoms with Gasteiger partial charge in [-0.15, -0.1) is 0 Å². The molecule has 4 aromatic rings. The molecule has 0 aliphatic rings. The number of primary amides is 1. The summed E-state index contributed by atoms with van der Waals surface area (Å²) in [6.45, 7) is 4.37. The molecule has 0 radical (unpaired) electrons. The SMILES string of the molecule is CSCC[C@H](NC(=O)[C@H](CCCCN)NC(=O)[C@H](Cc1c[nH]c2ccccc12)NC(=O)[C@H](CCC(N)=O)NC(=O)[C@H](Cc1c[nH]c2ccccc12)NC(=O)[C@H](CCCCN)NC(=O)[C@@H](N)CCCCN)C(=O)N[C@@H](CCCCN)C(=O)N[C@@H](CCCCN)C(=O)N[C@@H](CC(C)C)C(=O)NCC(=O)O. The smallest absolute Gasteiger partial charge is 0.322 e. The van der Waals surface area contributed by atoms with Crippen LogP contribution >= 0.6 is 11.8 Å². The van der Waals surface area contributed by atoms with Gasteiger partial charge >= 0.3 is 5.97 Å². The van der Waals surface area contributed by atoms with Crippen LogP contribution in [0.2, 0.25) is 0 Å². The molecule has 0 saturated carbocycles. The summed E-state index contributed by atoms with van der Waals surface area (Å²) < 4.78 is 0. The number of aromatic nitrogens is 2. The molecule has 0 saturated heterocycles. The Labute approximate surface area is 606 Å². The Morgan fingerprint density at radius 2 is 0.738 bits per heavy atom. The van der Waals surface area contributed by atoms with Crippen LogP contribution in [-0.2, 0) is 70.4 Å². The van der Waals surface area contributed by atoms with Crippen LogP contribution in [0.4, 0.5) is 0 Å². The van der Waals surface area contributed by atoms with E-state index >= 15 is 14.4 Å². The van der Waals surface area contributed by atoms with Crippen molar-refractivity contribution in [3.05, 3.63) is 72.1 Å². The fourth-order valence-electron chi connectivity index (χ4n) is 11.7. The molecular weight excluding hydrogens is 1350 g/mol. The number of thioether (sulfide) groups is 1. The average molecular weight is 1460 g/mol. The van der Waals surface area contributed by atoms with E-state index in [1.807, 2.05) is 38.1 Å². The highest BCUT2D eigenvalue weighted by Gasteiger charge is 2.37. The Hall–Kier alpha value is -8.73. The third-order valence-electron chi connectivity index (χ3n) is 17.4. The van der Waals surface area contributed by atoms with E-state index in [0.29, 0.717) is 112 Å². The van der Waals surface area contributed by atoms with Gasteiger partial charge in [-0.25, -0.2) is 0 Å². The molecule has 33 heteroatoms. The number of nitrogens with two attached hydrogens (primary N) is 7. The molecule has 2 aromatic carbocycles. The molecular formula is C70H113N19O13S. The number of carbonyl (C=O) groups is 12. The number of benzene rings is 2. The Kier molecular flexibility index (Phi) is 40.0. The number of aromatic amines is 2. The van der Waals surface area contributed by atoms with E-state index < -0.39 is 144 Å². The topological polar surface area (TPSA) is 559 Å². The maximum atomic E-state index is 15.2. The standard InChI is InChI=1S/C70H113N19O13S/c1-42(2)36-56(62(94)80-41-60(91)92)87-66(98)53(26-12-17-34-75)82-63(95)51(24-10-15-32-73)83-68(100)55(29-35-103-3)86-64(96)52(25-11-16-33-74)84-69(101)57(37-43-39-78-48-21-6-4-18-45(43)48)89-67(99)54(27-28-59(77)90)85-70(102)58(38-44-40-79-49-22-7-5-19-46(44)49)88-65(97)50(23-9-14-31-72)81-61(93)47(76)20-8-13-30-71/h4-7,18-19,21-22,39-40,42,47,50-58,78-79H,8-17,20,23-38,41,71-76H2,1-3H3,(H2,77,90)(H,80,94)(H,81,93)(H,82,95)(H,83,100)(H,84,101)(H,85,102)(H,86,96)(H,87,98)(H,88,97)(H,89,99)(H,91,92)/t47-,50-,51-,52-,53-,54-,55-,56-,57-,58-/m0/s1. The lowest BCUT2D eigenvalue weighted by molar-refractivity contribution is -0.138. The van der Waals surface area contributed by atoms with Crippen LogP contribution in [0.5, 0.6) is 0 Å². The number of carbonyl (C=O) groups excluding carboxylic acids is 11. The first-order valence-corrected chi connectivity index (χ1v) is 37.1. The molecule has 2 heterocycles. The van der Waals surface area contributed by atoms with Gasteiger partial charge in [-0.05, 0) is 183 Å². The summed E-state index contributed by atoms with van der Waals surface area (Å²) in [4.78, 5) is 175. The number of nitrogens with one attached hydrogen (secondary N) is 12. The predicted octanol–water partition coefficient (Wildman–Crippen LogP) is -0.965. The van der Waals surface area contributed by atoms with E-state index in [4.69, 9.17) is 40.1 Å². The molecule has 103 heavy (non-hydrogen) atoms. The molecule has 10 atom stereocenters. The summed E-state index contributed by atoms with van der Waals surface area (Å²) in [5, 5.41) is 37.8. The van der Waals surface area contributed by atoms with Crippen molar-refractivity contribution >= 4 is 105 Å². The quantitative estimate of drug-likeness (QED) is 0.0237. The highest BCUT2D eigenvalue weighted by Crippen LogP contribution is 2.22. The lowest BCUT2D eigenvalue weighted by atomic mass is 10.0. The van der Waals surface area contributed by atoms with Gasteiger partial charge in [-0.3, -0.25) is 57.5 Å². The van der Waals surface area contributed by atoms with Gasteiger partial charge in [0.05, 0.1) is 6.04 Å².